The highest BCUT2D eigenvalue weighted by atomic mass is 35.5. The van der Waals surface area contributed by atoms with E-state index < -0.39 is 0 Å². The zero-order valence-electron chi connectivity index (χ0n) is 17.8. The Bertz CT molecular complexity index is 1260. The molecule has 0 aliphatic heterocycles. The number of hydrogen-bond donors (Lipinski definition) is 2. The van der Waals surface area contributed by atoms with Crippen LogP contribution in [0.2, 0.25) is 5.15 Å². The Morgan fingerprint density at radius 1 is 1.00 bits per heavy atom. The topological polar surface area (TPSA) is 92.3 Å². The lowest BCUT2D eigenvalue weighted by Gasteiger charge is -2.47. The van der Waals surface area contributed by atoms with Crippen LogP contribution in [-0.4, -0.2) is 35.9 Å². The normalized spacial score (nSPS) is 24.7. The molecular weight excluding hydrogens is 422 g/mol. The molecule has 0 aromatic carbocycles. The first-order valence-electron chi connectivity index (χ1n) is 11.2. The maximum absolute atomic E-state index is 6.12. The number of halogens is 1. The lowest BCUT2D eigenvalue weighted by Crippen LogP contribution is -2.47. The van der Waals surface area contributed by atoms with Crippen molar-refractivity contribution in [2.75, 3.05) is 5.32 Å². The second-order valence-electron chi connectivity index (χ2n) is 8.97. The average Bonchev–Trinajstić information content (AvgIpc) is 3.25. The predicted octanol–water partition coefficient (Wildman–Crippen LogP) is 5.37. The van der Waals surface area contributed by atoms with Crippen LogP contribution in [-0.2, 0) is 0 Å². The Hall–Kier alpha value is -3.06. The summed E-state index contributed by atoms with van der Waals surface area (Å²) < 4.78 is 0. The SMILES string of the molecule is C[C@H]1C2CCC(CC2)[C@@H]1Nc1cc(-c2ccccn2)nc(-c2c[nH]c3ncc(Cl)nc23)n1. The van der Waals surface area contributed by atoms with Gasteiger partial charge in [0.25, 0.3) is 0 Å². The average molecular weight is 446 g/mol. The second kappa shape index (κ2) is 7.81. The molecule has 0 spiro atoms. The quantitative estimate of drug-likeness (QED) is 0.439. The van der Waals surface area contributed by atoms with Crippen molar-refractivity contribution in [3.63, 3.8) is 0 Å². The van der Waals surface area contributed by atoms with Crippen molar-refractivity contribution in [1.82, 2.24) is 29.9 Å². The van der Waals surface area contributed by atoms with E-state index >= 15 is 0 Å². The Morgan fingerprint density at radius 2 is 1.84 bits per heavy atom. The van der Waals surface area contributed by atoms with Gasteiger partial charge in [0.1, 0.15) is 16.5 Å². The molecule has 2 atom stereocenters. The van der Waals surface area contributed by atoms with Crippen LogP contribution in [0.3, 0.4) is 0 Å². The summed E-state index contributed by atoms with van der Waals surface area (Å²) in [6, 6.07) is 8.28. The summed E-state index contributed by atoms with van der Waals surface area (Å²) in [5, 5.41) is 4.12. The van der Waals surface area contributed by atoms with Crippen LogP contribution in [0.4, 0.5) is 5.82 Å². The predicted molar refractivity (Wildman–Crippen MR) is 125 cm³/mol. The first-order valence-corrected chi connectivity index (χ1v) is 11.6. The Balaban J connectivity index is 1.45. The highest BCUT2D eigenvalue weighted by Gasteiger charge is 2.41. The Morgan fingerprint density at radius 3 is 2.62 bits per heavy atom. The molecule has 3 aliphatic carbocycles. The molecule has 7 nitrogen and oxygen atoms in total. The minimum absolute atomic E-state index is 0.338. The minimum Gasteiger partial charge on any atom is -0.367 e. The van der Waals surface area contributed by atoms with Crippen molar-refractivity contribution >= 4 is 28.6 Å². The fraction of sp³-hybridized carbons (Fsp3) is 0.375. The van der Waals surface area contributed by atoms with Gasteiger partial charge in [0.05, 0.1) is 23.1 Å². The third-order valence-electron chi connectivity index (χ3n) is 7.19. The van der Waals surface area contributed by atoms with Gasteiger partial charge in [-0.05, 0) is 55.6 Å². The van der Waals surface area contributed by atoms with Gasteiger partial charge in [0.15, 0.2) is 11.5 Å². The molecule has 4 aromatic rings. The second-order valence-corrected chi connectivity index (χ2v) is 9.36. The van der Waals surface area contributed by atoms with Crippen LogP contribution < -0.4 is 5.32 Å². The van der Waals surface area contributed by atoms with Crippen LogP contribution in [0.25, 0.3) is 33.9 Å². The van der Waals surface area contributed by atoms with Gasteiger partial charge < -0.3 is 10.3 Å². The summed E-state index contributed by atoms with van der Waals surface area (Å²) >= 11 is 6.12. The summed E-state index contributed by atoms with van der Waals surface area (Å²) in [7, 11) is 0. The van der Waals surface area contributed by atoms with E-state index in [1.807, 2.05) is 30.5 Å². The van der Waals surface area contributed by atoms with Gasteiger partial charge in [0, 0.05) is 24.5 Å². The number of H-pyrrole nitrogens is 1. The number of nitrogens with one attached hydrogen (secondary N) is 2. The molecule has 4 aromatic heterocycles. The molecule has 7 rings (SSSR count). The largest absolute Gasteiger partial charge is 0.367 e. The van der Waals surface area contributed by atoms with Crippen molar-refractivity contribution < 1.29 is 0 Å². The van der Waals surface area contributed by atoms with Gasteiger partial charge in [-0.25, -0.2) is 19.9 Å². The number of fused-ring (bicyclic) bond motifs is 4. The number of pyridine rings is 1. The number of aromatic amines is 1. The van der Waals surface area contributed by atoms with Gasteiger partial charge >= 0.3 is 0 Å². The van der Waals surface area contributed by atoms with Crippen LogP contribution in [0.15, 0.2) is 42.9 Å². The van der Waals surface area contributed by atoms with E-state index in [0.29, 0.717) is 40.0 Å². The van der Waals surface area contributed by atoms with Crippen molar-refractivity contribution in [2.45, 2.75) is 38.6 Å². The Kier molecular flexibility index (Phi) is 4.79. The van der Waals surface area contributed by atoms with E-state index in [1.54, 1.807) is 6.20 Å². The highest BCUT2D eigenvalue weighted by molar-refractivity contribution is 6.29. The Labute approximate surface area is 191 Å². The van der Waals surface area contributed by atoms with Crippen molar-refractivity contribution in [1.29, 1.82) is 0 Å². The van der Waals surface area contributed by atoms with Crippen LogP contribution in [0.1, 0.15) is 32.6 Å². The van der Waals surface area contributed by atoms with E-state index in [1.165, 1.54) is 31.9 Å². The molecule has 0 amide bonds. The number of nitrogens with zero attached hydrogens (tertiary/aromatic N) is 5. The zero-order valence-corrected chi connectivity index (χ0v) is 18.5. The first kappa shape index (κ1) is 19.6. The van der Waals surface area contributed by atoms with Gasteiger partial charge in [-0.15, -0.1) is 0 Å². The van der Waals surface area contributed by atoms with Gasteiger partial charge in [-0.1, -0.05) is 24.6 Å². The van der Waals surface area contributed by atoms with Gasteiger partial charge in [-0.3, -0.25) is 4.98 Å². The summed E-state index contributed by atoms with van der Waals surface area (Å²) in [6.45, 7) is 2.38. The minimum atomic E-state index is 0.338. The number of rotatable bonds is 4. The van der Waals surface area contributed by atoms with Crippen molar-refractivity contribution in [3.8, 4) is 22.8 Å². The third kappa shape index (κ3) is 3.41. The standard InChI is InChI=1S/C24H24ClN7/c1-13-14-5-7-15(8-6-14)21(13)31-20-10-18(17-4-2-3-9-26-17)29-23(32-20)16-11-27-24-22(16)30-19(25)12-28-24/h2-4,9-15,21H,5-8H2,1H3,(H,27,28)(H,29,31,32)/t13-,14?,15?,21+/m0/s1. The molecule has 8 heteroatoms. The molecule has 2 bridgehead atoms. The number of anilines is 1. The molecular formula is C24H24ClN7. The zero-order chi connectivity index (χ0) is 21.7. The molecule has 0 unspecified atom stereocenters. The molecule has 4 heterocycles. The molecule has 3 saturated carbocycles. The maximum Gasteiger partial charge on any atom is 0.165 e. The molecule has 2 N–H and O–H groups in total. The van der Waals surface area contributed by atoms with E-state index in [0.717, 1.165) is 28.7 Å². The summed E-state index contributed by atoms with van der Waals surface area (Å²) in [4.78, 5) is 26.2. The van der Waals surface area contributed by atoms with E-state index in [2.05, 4.69) is 32.2 Å². The molecule has 162 valence electrons. The summed E-state index contributed by atoms with van der Waals surface area (Å²) in [6.07, 6.45) is 10.5. The van der Waals surface area contributed by atoms with E-state index in [9.17, 15) is 0 Å². The summed E-state index contributed by atoms with van der Waals surface area (Å²) in [5.74, 6) is 3.54. The monoisotopic (exact) mass is 445 g/mol. The maximum atomic E-state index is 6.12. The van der Waals surface area contributed by atoms with Crippen LogP contribution in [0, 0.1) is 17.8 Å². The van der Waals surface area contributed by atoms with Crippen molar-refractivity contribution in [2.24, 2.45) is 17.8 Å². The third-order valence-corrected chi connectivity index (χ3v) is 7.38. The van der Waals surface area contributed by atoms with Crippen LogP contribution in [0.5, 0.6) is 0 Å². The fourth-order valence-corrected chi connectivity index (χ4v) is 5.63. The first-order chi connectivity index (χ1) is 15.7. The summed E-state index contributed by atoms with van der Waals surface area (Å²) in [5.41, 5.74) is 3.67. The van der Waals surface area contributed by atoms with E-state index in [-0.39, 0.29) is 0 Å². The molecule has 0 radical (unpaired) electrons. The smallest absolute Gasteiger partial charge is 0.165 e. The van der Waals surface area contributed by atoms with E-state index in [4.69, 9.17) is 21.6 Å². The number of hydrogen-bond acceptors (Lipinski definition) is 6. The molecule has 32 heavy (non-hydrogen) atoms. The molecule has 3 fully saturated rings. The molecule has 3 aliphatic rings. The lowest BCUT2D eigenvalue weighted by molar-refractivity contribution is 0.0928. The van der Waals surface area contributed by atoms with Crippen molar-refractivity contribution in [3.05, 3.63) is 48.0 Å². The molecule has 0 saturated heterocycles. The highest BCUT2D eigenvalue weighted by Crippen LogP contribution is 2.46. The number of aromatic nitrogens is 6. The van der Waals surface area contributed by atoms with Crippen LogP contribution >= 0.6 is 11.6 Å². The van der Waals surface area contributed by atoms with Gasteiger partial charge in [0.2, 0.25) is 0 Å². The van der Waals surface area contributed by atoms with Gasteiger partial charge in [-0.2, -0.15) is 0 Å². The fourth-order valence-electron chi connectivity index (χ4n) is 5.50. The lowest BCUT2D eigenvalue weighted by atomic mass is 9.62.